The molecule has 0 unspecified atom stereocenters. The second-order valence-electron chi connectivity index (χ2n) is 3.46. The first-order valence-electron chi connectivity index (χ1n) is 4.87. The average molecular weight is 213 g/mol. The maximum atomic E-state index is 10.9. The van der Waals surface area contributed by atoms with Gasteiger partial charge in [-0.25, -0.2) is 9.97 Å². The Labute approximate surface area is 93.2 Å². The third-order valence-electron chi connectivity index (χ3n) is 2.22. The molecule has 0 aliphatic heterocycles. The monoisotopic (exact) mass is 213 g/mol. The quantitative estimate of drug-likeness (QED) is 0.822. The molecular weight excluding hydrogens is 202 g/mol. The van der Waals surface area contributed by atoms with Crippen LogP contribution in [0.1, 0.15) is 16.1 Å². The average Bonchev–Trinajstić information content (AvgIpc) is 2.29. The van der Waals surface area contributed by atoms with Gasteiger partial charge in [-0.15, -0.1) is 0 Å². The van der Waals surface area contributed by atoms with Gasteiger partial charge in [-0.1, -0.05) is 12.1 Å². The molecule has 0 saturated heterocycles. The van der Waals surface area contributed by atoms with Crippen LogP contribution in [0.4, 0.5) is 0 Å². The van der Waals surface area contributed by atoms with Crippen molar-refractivity contribution in [1.29, 1.82) is 0 Å². The molecule has 80 valence electrons. The number of hydrogen-bond donors (Lipinski definition) is 1. The number of amides is 1. The van der Waals surface area contributed by atoms with E-state index < -0.39 is 5.91 Å². The number of nitrogens with two attached hydrogens (primary N) is 1. The number of hydrogen-bond acceptors (Lipinski definition) is 3. The van der Waals surface area contributed by atoms with Crippen LogP contribution in [0.15, 0.2) is 36.5 Å². The lowest BCUT2D eigenvalue weighted by molar-refractivity contribution is 0.100. The summed E-state index contributed by atoms with van der Waals surface area (Å²) in [6.07, 6.45) is 1.71. The molecule has 2 aromatic rings. The van der Waals surface area contributed by atoms with Crippen LogP contribution in [0.5, 0.6) is 0 Å². The fourth-order valence-electron chi connectivity index (χ4n) is 1.37. The molecule has 0 saturated carbocycles. The van der Waals surface area contributed by atoms with E-state index in [-0.39, 0.29) is 0 Å². The zero-order valence-electron chi connectivity index (χ0n) is 8.84. The van der Waals surface area contributed by atoms with Gasteiger partial charge in [-0.05, 0) is 25.1 Å². The smallest absolute Gasteiger partial charge is 0.248 e. The van der Waals surface area contributed by atoms with Crippen LogP contribution >= 0.6 is 0 Å². The predicted molar refractivity (Wildman–Crippen MR) is 60.7 cm³/mol. The highest BCUT2D eigenvalue weighted by atomic mass is 16.1. The van der Waals surface area contributed by atoms with Crippen LogP contribution in [0.2, 0.25) is 0 Å². The first-order valence-corrected chi connectivity index (χ1v) is 4.87. The van der Waals surface area contributed by atoms with Gasteiger partial charge in [0.15, 0.2) is 5.82 Å². The Balaban J connectivity index is 2.38. The van der Waals surface area contributed by atoms with E-state index in [0.717, 1.165) is 11.3 Å². The summed E-state index contributed by atoms with van der Waals surface area (Å²) < 4.78 is 0. The molecule has 1 aromatic heterocycles. The highest BCUT2D eigenvalue weighted by Crippen LogP contribution is 2.15. The number of aromatic nitrogens is 2. The van der Waals surface area contributed by atoms with Gasteiger partial charge < -0.3 is 5.73 Å². The number of primary amides is 1. The summed E-state index contributed by atoms with van der Waals surface area (Å²) >= 11 is 0. The van der Waals surface area contributed by atoms with Gasteiger partial charge in [0, 0.05) is 23.0 Å². The summed E-state index contributed by atoms with van der Waals surface area (Å²) in [6.45, 7) is 1.91. The van der Waals surface area contributed by atoms with Crippen molar-refractivity contribution in [2.45, 2.75) is 6.92 Å². The van der Waals surface area contributed by atoms with Gasteiger partial charge in [0.25, 0.3) is 0 Å². The molecule has 1 aromatic carbocycles. The van der Waals surface area contributed by atoms with E-state index in [4.69, 9.17) is 5.73 Å². The molecule has 2 N–H and O–H groups in total. The molecular formula is C12H11N3O. The molecule has 0 bridgehead atoms. The van der Waals surface area contributed by atoms with Crippen LogP contribution in [0, 0.1) is 6.92 Å². The Hall–Kier alpha value is -2.23. The summed E-state index contributed by atoms with van der Waals surface area (Å²) in [5.74, 6) is 0.215. The lowest BCUT2D eigenvalue weighted by Crippen LogP contribution is -2.10. The highest BCUT2D eigenvalue weighted by molar-refractivity contribution is 5.93. The van der Waals surface area contributed by atoms with E-state index in [1.54, 1.807) is 30.5 Å². The van der Waals surface area contributed by atoms with Gasteiger partial charge in [0.1, 0.15) is 0 Å². The van der Waals surface area contributed by atoms with Gasteiger partial charge in [-0.2, -0.15) is 0 Å². The minimum absolute atomic E-state index is 0.434. The van der Waals surface area contributed by atoms with E-state index in [1.165, 1.54) is 0 Å². The van der Waals surface area contributed by atoms with Crippen molar-refractivity contribution in [3.8, 4) is 11.4 Å². The van der Waals surface area contributed by atoms with E-state index in [1.807, 2.05) is 13.0 Å². The van der Waals surface area contributed by atoms with Gasteiger partial charge in [0.2, 0.25) is 5.91 Å². The molecule has 0 aliphatic carbocycles. The summed E-state index contributed by atoms with van der Waals surface area (Å²) in [4.78, 5) is 19.3. The fourth-order valence-corrected chi connectivity index (χ4v) is 1.37. The highest BCUT2D eigenvalue weighted by Gasteiger charge is 2.03. The van der Waals surface area contributed by atoms with E-state index in [2.05, 4.69) is 9.97 Å². The third-order valence-corrected chi connectivity index (χ3v) is 2.22. The largest absolute Gasteiger partial charge is 0.366 e. The summed E-state index contributed by atoms with van der Waals surface area (Å²) in [6, 6.07) is 8.75. The van der Waals surface area contributed by atoms with E-state index >= 15 is 0 Å². The van der Waals surface area contributed by atoms with Crippen LogP contribution in [-0.4, -0.2) is 15.9 Å². The van der Waals surface area contributed by atoms with Gasteiger partial charge in [0.05, 0.1) is 0 Å². The fraction of sp³-hybridized carbons (Fsp3) is 0.0833. The van der Waals surface area contributed by atoms with Gasteiger partial charge in [-0.3, -0.25) is 4.79 Å². The van der Waals surface area contributed by atoms with E-state index in [0.29, 0.717) is 11.4 Å². The minimum atomic E-state index is -0.434. The Morgan fingerprint density at radius 1 is 1.19 bits per heavy atom. The first kappa shape index (κ1) is 10.3. The van der Waals surface area contributed by atoms with Crippen molar-refractivity contribution < 1.29 is 4.79 Å². The topological polar surface area (TPSA) is 68.9 Å². The molecule has 0 aliphatic rings. The Kier molecular flexibility index (Phi) is 2.64. The molecule has 1 amide bonds. The van der Waals surface area contributed by atoms with Crippen molar-refractivity contribution in [3.05, 3.63) is 47.8 Å². The Bertz CT molecular complexity index is 520. The summed E-state index contributed by atoms with van der Waals surface area (Å²) in [7, 11) is 0. The Morgan fingerprint density at radius 2 is 1.88 bits per heavy atom. The number of carbonyl (C=O) groups excluding carboxylic acids is 1. The zero-order valence-corrected chi connectivity index (χ0v) is 8.84. The third kappa shape index (κ3) is 2.06. The second kappa shape index (κ2) is 4.10. The normalized spacial score (nSPS) is 10.1. The van der Waals surface area contributed by atoms with Crippen molar-refractivity contribution in [2.75, 3.05) is 0 Å². The lowest BCUT2D eigenvalue weighted by Gasteiger charge is -2.01. The van der Waals surface area contributed by atoms with Gasteiger partial charge >= 0.3 is 0 Å². The van der Waals surface area contributed by atoms with Crippen LogP contribution < -0.4 is 5.73 Å². The molecule has 0 radical (unpaired) electrons. The van der Waals surface area contributed by atoms with Crippen molar-refractivity contribution in [2.24, 2.45) is 5.73 Å². The molecule has 2 rings (SSSR count). The maximum Gasteiger partial charge on any atom is 0.248 e. The van der Waals surface area contributed by atoms with Crippen LogP contribution in [-0.2, 0) is 0 Å². The number of benzene rings is 1. The van der Waals surface area contributed by atoms with Crippen LogP contribution in [0.25, 0.3) is 11.4 Å². The molecule has 16 heavy (non-hydrogen) atoms. The van der Waals surface area contributed by atoms with E-state index in [9.17, 15) is 4.79 Å². The number of rotatable bonds is 2. The number of carbonyl (C=O) groups is 1. The summed E-state index contributed by atoms with van der Waals surface area (Å²) in [5.41, 5.74) is 7.41. The minimum Gasteiger partial charge on any atom is -0.366 e. The van der Waals surface area contributed by atoms with Crippen LogP contribution in [0.3, 0.4) is 0 Å². The lowest BCUT2D eigenvalue weighted by atomic mass is 10.1. The molecule has 0 spiro atoms. The van der Waals surface area contributed by atoms with Crippen molar-refractivity contribution >= 4 is 5.91 Å². The number of aryl methyl sites for hydroxylation is 1. The van der Waals surface area contributed by atoms with Crippen molar-refractivity contribution in [1.82, 2.24) is 9.97 Å². The summed E-state index contributed by atoms with van der Waals surface area (Å²) in [5, 5.41) is 0. The second-order valence-corrected chi connectivity index (χ2v) is 3.46. The zero-order chi connectivity index (χ0) is 11.5. The van der Waals surface area contributed by atoms with Crippen molar-refractivity contribution in [3.63, 3.8) is 0 Å². The Morgan fingerprint density at radius 3 is 2.44 bits per heavy atom. The SMILES string of the molecule is Cc1ccnc(-c2ccc(C(N)=O)cc2)n1. The number of nitrogens with zero attached hydrogens (tertiary/aromatic N) is 2. The molecule has 0 atom stereocenters. The first-order chi connectivity index (χ1) is 7.66. The standard InChI is InChI=1S/C12H11N3O/c1-8-6-7-14-12(15-8)10-4-2-9(3-5-10)11(13)16/h2-7H,1H3,(H2,13,16). The molecule has 0 fully saturated rings. The molecule has 4 heteroatoms. The maximum absolute atomic E-state index is 10.9. The molecule has 1 heterocycles. The predicted octanol–water partition coefficient (Wildman–Crippen LogP) is 1.55. The molecule has 4 nitrogen and oxygen atoms in total.